The first-order valence-corrected chi connectivity index (χ1v) is 17.8. The zero-order chi connectivity index (χ0) is 32.5. The van der Waals surface area contributed by atoms with Crippen molar-refractivity contribution in [3.05, 3.63) is 47.6 Å². The Morgan fingerprint density at radius 1 is 0.978 bits per heavy atom. The van der Waals surface area contributed by atoms with Gasteiger partial charge < -0.3 is 34.6 Å². The van der Waals surface area contributed by atoms with Gasteiger partial charge in [-0.05, 0) is 93.8 Å². The minimum atomic E-state index is -0.806. The molecule has 3 saturated heterocycles. The molecule has 2 N–H and O–H groups in total. The third-order valence-electron chi connectivity index (χ3n) is 10.3. The number of piperidine rings is 2. The Bertz CT molecular complexity index is 1200. The molecule has 0 spiro atoms. The maximum absolute atomic E-state index is 13.4. The van der Waals surface area contributed by atoms with Gasteiger partial charge in [0.25, 0.3) is 0 Å². The van der Waals surface area contributed by atoms with Crippen molar-refractivity contribution in [1.82, 2.24) is 15.1 Å². The number of cyclic esters (lactones) is 1. The molecule has 1 aromatic carbocycles. The lowest BCUT2D eigenvalue weighted by molar-refractivity contribution is -0.151. The van der Waals surface area contributed by atoms with Gasteiger partial charge in [-0.1, -0.05) is 44.6 Å². The first-order valence-electron chi connectivity index (χ1n) is 17.8. The topological polar surface area (TPSA) is 94.6 Å². The molecule has 4 heterocycles. The van der Waals surface area contributed by atoms with Crippen LogP contribution in [0.4, 0.5) is 10.5 Å². The lowest BCUT2D eigenvalue weighted by atomic mass is 9.91. The first-order chi connectivity index (χ1) is 22.3. The predicted octanol–water partition coefficient (Wildman–Crippen LogP) is 5.24. The van der Waals surface area contributed by atoms with E-state index in [-0.39, 0.29) is 24.3 Å². The molecule has 0 radical (unpaired) electrons. The van der Waals surface area contributed by atoms with Crippen molar-refractivity contribution >= 4 is 23.8 Å². The van der Waals surface area contributed by atoms with Gasteiger partial charge in [-0.15, -0.1) is 0 Å². The van der Waals surface area contributed by atoms with Gasteiger partial charge >= 0.3 is 12.1 Å². The second kappa shape index (κ2) is 16.8. The molecular weight excluding hydrogens is 580 g/mol. The van der Waals surface area contributed by atoms with Crippen LogP contribution in [-0.2, 0) is 14.3 Å². The van der Waals surface area contributed by atoms with Crippen LogP contribution in [0.5, 0.6) is 0 Å². The molecule has 1 aromatic rings. The van der Waals surface area contributed by atoms with Crippen LogP contribution in [0.3, 0.4) is 0 Å². The lowest BCUT2D eigenvalue weighted by Crippen LogP contribution is -2.48. The molecule has 0 bridgehead atoms. The fourth-order valence-corrected chi connectivity index (χ4v) is 7.42. The standard InChI is InChI=1S/C37H56N4O5/c1-27-10-12-33(42)26-35(43)46-36(29(3)24-30-8-7-9-32(25-30)40-22-16-38-17-23-40)28(2)11-13-34(27)45-37(44)41-20-14-31(15-21-41)39-18-5-4-6-19-39/h7-9,11,13,24-25,27-28,31,33-34,36,38,42H,4-6,10,12,14-23,26H2,1-3H3/b13-11+,29-24+/t27-,28-,33+,34-,36-/m0/s1. The highest BCUT2D eigenvalue weighted by atomic mass is 16.6. The van der Waals surface area contributed by atoms with Gasteiger partial charge in [-0.25, -0.2) is 4.79 Å². The minimum Gasteiger partial charge on any atom is -0.457 e. The SMILES string of the molecule is C/C(=C\c1cccc(N2CCNCC2)c1)[C@H]1OC(=O)C[C@H](O)CC[C@H](C)[C@@H](OC(=O)N2CCC(N3CCCCC3)CC2)/C=C/[C@@H]1C. The summed E-state index contributed by atoms with van der Waals surface area (Å²) >= 11 is 0. The molecule has 0 aromatic heterocycles. The molecule has 9 heteroatoms. The third kappa shape index (κ3) is 9.58. The lowest BCUT2D eigenvalue weighted by Gasteiger charge is -2.40. The Hall–Kier alpha value is -2.88. The quantitative estimate of drug-likeness (QED) is 0.335. The fourth-order valence-electron chi connectivity index (χ4n) is 7.42. The zero-order valence-electron chi connectivity index (χ0n) is 28.2. The molecule has 1 amide bonds. The fraction of sp³-hybridized carbons (Fsp3) is 0.676. The van der Waals surface area contributed by atoms with E-state index in [0.717, 1.165) is 63.2 Å². The van der Waals surface area contributed by atoms with Crippen LogP contribution >= 0.6 is 0 Å². The van der Waals surface area contributed by atoms with Crippen LogP contribution in [0.15, 0.2) is 42.0 Å². The van der Waals surface area contributed by atoms with Crippen molar-refractivity contribution < 1.29 is 24.2 Å². The van der Waals surface area contributed by atoms with Crippen LogP contribution in [0, 0.1) is 11.8 Å². The summed E-state index contributed by atoms with van der Waals surface area (Å²) in [4.78, 5) is 33.2. The Labute approximate surface area is 276 Å². The summed E-state index contributed by atoms with van der Waals surface area (Å²) in [6, 6.07) is 9.03. The Balaban J connectivity index is 1.27. The van der Waals surface area contributed by atoms with Crippen LogP contribution in [-0.4, -0.2) is 104 Å². The highest BCUT2D eigenvalue weighted by Gasteiger charge is 2.31. The molecule has 0 aliphatic carbocycles. The maximum Gasteiger partial charge on any atom is 0.410 e. The predicted molar refractivity (Wildman–Crippen MR) is 183 cm³/mol. The number of hydrogen-bond donors (Lipinski definition) is 2. The number of esters is 1. The summed E-state index contributed by atoms with van der Waals surface area (Å²) < 4.78 is 12.2. The number of amides is 1. The Morgan fingerprint density at radius 3 is 2.46 bits per heavy atom. The van der Waals surface area contributed by atoms with Crippen molar-refractivity contribution in [3.8, 4) is 0 Å². The van der Waals surface area contributed by atoms with E-state index in [1.807, 2.05) is 30.9 Å². The van der Waals surface area contributed by atoms with Gasteiger partial charge in [-0.3, -0.25) is 4.79 Å². The zero-order valence-corrected chi connectivity index (χ0v) is 28.2. The minimum absolute atomic E-state index is 0.00815. The van der Waals surface area contributed by atoms with Crippen LogP contribution in [0.25, 0.3) is 6.08 Å². The number of hydrogen-bond acceptors (Lipinski definition) is 8. The number of nitrogens with zero attached hydrogens (tertiary/aromatic N) is 3. The number of anilines is 1. The van der Waals surface area contributed by atoms with E-state index in [1.54, 1.807) is 0 Å². The van der Waals surface area contributed by atoms with E-state index in [4.69, 9.17) is 9.47 Å². The number of rotatable bonds is 5. The number of aliphatic hydroxyl groups excluding tert-OH is 1. The number of likely N-dealkylation sites (tertiary alicyclic amines) is 2. The highest BCUT2D eigenvalue weighted by Crippen LogP contribution is 2.28. The Morgan fingerprint density at radius 2 is 1.72 bits per heavy atom. The van der Waals surface area contributed by atoms with E-state index < -0.39 is 24.3 Å². The van der Waals surface area contributed by atoms with Gasteiger partial charge in [0.05, 0.1) is 12.5 Å². The van der Waals surface area contributed by atoms with Crippen molar-refractivity contribution in [2.24, 2.45) is 11.8 Å². The number of carbonyl (C=O) groups is 2. The summed E-state index contributed by atoms with van der Waals surface area (Å²) in [7, 11) is 0. The van der Waals surface area contributed by atoms with Crippen LogP contribution in [0.2, 0.25) is 0 Å². The molecule has 3 fully saturated rings. The van der Waals surface area contributed by atoms with Crippen molar-refractivity contribution in [1.29, 1.82) is 0 Å². The van der Waals surface area contributed by atoms with Gasteiger partial charge in [0, 0.05) is 56.9 Å². The van der Waals surface area contributed by atoms with Crippen molar-refractivity contribution in [3.63, 3.8) is 0 Å². The molecule has 0 unspecified atom stereocenters. The van der Waals surface area contributed by atoms with E-state index in [9.17, 15) is 14.7 Å². The second-order valence-corrected chi connectivity index (χ2v) is 14.0. The molecule has 5 rings (SSSR count). The summed E-state index contributed by atoms with van der Waals surface area (Å²) in [5, 5.41) is 14.1. The number of ether oxygens (including phenoxy) is 2. The largest absolute Gasteiger partial charge is 0.457 e. The third-order valence-corrected chi connectivity index (χ3v) is 10.3. The average Bonchev–Trinajstić information content (AvgIpc) is 3.08. The molecule has 0 saturated carbocycles. The molecule has 4 aliphatic heterocycles. The highest BCUT2D eigenvalue weighted by molar-refractivity contribution is 5.71. The Kier molecular flexibility index (Phi) is 12.6. The van der Waals surface area contributed by atoms with Gasteiger partial charge in [-0.2, -0.15) is 0 Å². The molecule has 4 aliphatic rings. The van der Waals surface area contributed by atoms with Crippen LogP contribution < -0.4 is 10.2 Å². The number of carbonyl (C=O) groups excluding carboxylic acids is 2. The second-order valence-electron chi connectivity index (χ2n) is 14.0. The summed E-state index contributed by atoms with van der Waals surface area (Å²) in [5.74, 6) is -0.572. The number of nitrogens with one attached hydrogen (secondary N) is 1. The summed E-state index contributed by atoms with van der Waals surface area (Å²) in [6.45, 7) is 13.8. The molecule has 5 atom stereocenters. The van der Waals surface area contributed by atoms with E-state index in [2.05, 4.69) is 52.4 Å². The molecule has 46 heavy (non-hydrogen) atoms. The molecule has 9 nitrogen and oxygen atoms in total. The number of aliphatic hydroxyl groups is 1. The van der Waals surface area contributed by atoms with Crippen LogP contribution in [0.1, 0.15) is 77.7 Å². The summed E-state index contributed by atoms with van der Waals surface area (Å²) in [6.07, 6.45) is 11.0. The van der Waals surface area contributed by atoms with E-state index >= 15 is 0 Å². The molecule has 254 valence electrons. The van der Waals surface area contributed by atoms with Crippen molar-refractivity contribution in [2.75, 3.05) is 57.3 Å². The number of piperazine rings is 1. The normalized spacial score (nSPS) is 30.6. The van der Waals surface area contributed by atoms with Crippen molar-refractivity contribution in [2.45, 2.75) is 96.5 Å². The van der Waals surface area contributed by atoms with E-state index in [1.165, 1.54) is 38.0 Å². The monoisotopic (exact) mass is 636 g/mol. The van der Waals surface area contributed by atoms with Gasteiger partial charge in [0.1, 0.15) is 12.2 Å². The van der Waals surface area contributed by atoms with Gasteiger partial charge in [0.2, 0.25) is 0 Å². The maximum atomic E-state index is 13.4. The van der Waals surface area contributed by atoms with Gasteiger partial charge in [0.15, 0.2) is 0 Å². The summed E-state index contributed by atoms with van der Waals surface area (Å²) in [5.41, 5.74) is 3.16. The smallest absolute Gasteiger partial charge is 0.410 e. The average molecular weight is 637 g/mol. The number of benzene rings is 1. The van der Waals surface area contributed by atoms with E-state index in [0.29, 0.717) is 18.9 Å². The first kappa shape index (κ1) is 34.5. The molecular formula is C37H56N4O5.